The quantitative estimate of drug-likeness (QED) is 0.326. The van der Waals surface area contributed by atoms with Crippen molar-refractivity contribution in [1.82, 2.24) is 0 Å². The van der Waals surface area contributed by atoms with Crippen LogP contribution in [0.4, 0.5) is 26.3 Å². The van der Waals surface area contributed by atoms with Gasteiger partial charge in [0.05, 0.1) is 0 Å². The minimum Gasteiger partial charge on any atom is -0.457 e. The molecule has 0 aliphatic heterocycles. The van der Waals surface area contributed by atoms with Crippen molar-refractivity contribution in [3.05, 3.63) is 68.7 Å². The zero-order valence-corrected chi connectivity index (χ0v) is 12.5. The van der Waals surface area contributed by atoms with Crippen LogP contribution >= 0.6 is 15.9 Å². The van der Waals surface area contributed by atoms with Gasteiger partial charge in [0.1, 0.15) is 18.0 Å². The van der Waals surface area contributed by atoms with Crippen molar-refractivity contribution < 1.29 is 35.9 Å². The number of carbonyl (C=O) groups excluding carboxylic acids is 1. The Balaban J connectivity index is 2.28. The number of esters is 1. The Morgan fingerprint density at radius 1 is 0.913 bits per heavy atom. The van der Waals surface area contributed by atoms with E-state index >= 15 is 0 Å². The fourth-order valence-electron chi connectivity index (χ4n) is 1.64. The number of benzene rings is 2. The van der Waals surface area contributed by atoms with Gasteiger partial charge in [0.2, 0.25) is 5.82 Å². The summed E-state index contributed by atoms with van der Waals surface area (Å²) in [5, 5.41) is 0. The molecule has 0 radical (unpaired) electrons. The summed E-state index contributed by atoms with van der Waals surface area (Å²) in [7, 11) is 0. The summed E-state index contributed by atoms with van der Waals surface area (Å²) < 4.78 is 83.4. The van der Waals surface area contributed by atoms with Crippen LogP contribution in [0.25, 0.3) is 0 Å². The molecule has 122 valence electrons. The lowest BCUT2D eigenvalue weighted by molar-refractivity contribution is 0.0457. The van der Waals surface area contributed by atoms with E-state index in [0.29, 0.717) is 0 Å². The Hall–Kier alpha value is -2.03. The minimum atomic E-state index is -2.38. The third-order valence-electron chi connectivity index (χ3n) is 2.79. The molecule has 0 atom stereocenters. The number of rotatable bonds is 3. The van der Waals surface area contributed by atoms with Crippen molar-refractivity contribution in [2.75, 3.05) is 0 Å². The summed E-state index contributed by atoms with van der Waals surface area (Å²) in [6.07, 6.45) is 0. The zero-order chi connectivity index (χ0) is 17.3. The smallest absolute Gasteiger partial charge is 0.344 e. The van der Waals surface area contributed by atoms with Crippen molar-refractivity contribution in [1.29, 1.82) is 0 Å². The van der Waals surface area contributed by atoms with Crippen molar-refractivity contribution in [2.24, 2.45) is 0 Å². The third-order valence-corrected chi connectivity index (χ3v) is 3.53. The van der Waals surface area contributed by atoms with Crippen LogP contribution in [0, 0.1) is 34.9 Å². The molecule has 0 spiro atoms. The molecule has 0 bridgehead atoms. The Labute approximate surface area is 133 Å². The van der Waals surface area contributed by atoms with E-state index in [9.17, 15) is 31.1 Å². The summed E-state index contributed by atoms with van der Waals surface area (Å²) in [4.78, 5) is 11.6. The minimum absolute atomic E-state index is 0.197. The van der Waals surface area contributed by atoms with Gasteiger partial charge in [-0.1, -0.05) is 22.0 Å². The van der Waals surface area contributed by atoms with Crippen molar-refractivity contribution >= 4 is 21.9 Å². The zero-order valence-electron chi connectivity index (χ0n) is 10.9. The molecule has 0 aromatic heterocycles. The maximum absolute atomic E-state index is 13.4. The summed E-state index contributed by atoms with van der Waals surface area (Å²) in [5.74, 6) is -13.8. The van der Waals surface area contributed by atoms with E-state index in [1.165, 1.54) is 6.07 Å². The van der Waals surface area contributed by atoms with Gasteiger partial charge >= 0.3 is 5.97 Å². The maximum Gasteiger partial charge on any atom is 0.344 e. The van der Waals surface area contributed by atoms with Gasteiger partial charge in [0.15, 0.2) is 23.3 Å². The molecule has 0 aliphatic carbocycles. The third kappa shape index (κ3) is 3.34. The van der Waals surface area contributed by atoms with Gasteiger partial charge in [-0.3, -0.25) is 0 Å². The fraction of sp³-hybridized carbons (Fsp3) is 0.0714. The number of ether oxygens (including phenoxy) is 1. The molecule has 0 saturated carbocycles. The van der Waals surface area contributed by atoms with Gasteiger partial charge in [-0.25, -0.2) is 31.1 Å². The van der Waals surface area contributed by atoms with Gasteiger partial charge in [0.25, 0.3) is 0 Å². The Morgan fingerprint density at radius 3 is 1.96 bits per heavy atom. The first-order chi connectivity index (χ1) is 10.7. The van der Waals surface area contributed by atoms with E-state index in [4.69, 9.17) is 0 Å². The Morgan fingerprint density at radius 2 is 1.43 bits per heavy atom. The lowest BCUT2D eigenvalue weighted by atomic mass is 10.1. The predicted octanol–water partition coefficient (Wildman–Crippen LogP) is 4.64. The van der Waals surface area contributed by atoms with Gasteiger partial charge < -0.3 is 4.74 Å². The molecule has 9 heteroatoms. The Bertz CT molecular complexity index is 764. The average Bonchev–Trinajstić information content (AvgIpc) is 2.50. The highest BCUT2D eigenvalue weighted by Gasteiger charge is 2.30. The molecule has 2 nitrogen and oxygen atoms in total. The average molecular weight is 399 g/mol. The van der Waals surface area contributed by atoms with Crippen LogP contribution in [0.15, 0.2) is 22.7 Å². The monoisotopic (exact) mass is 398 g/mol. The number of halogens is 7. The van der Waals surface area contributed by atoms with Crippen LogP contribution in [0.5, 0.6) is 0 Å². The topological polar surface area (TPSA) is 26.3 Å². The molecular formula is C14H5BrF6O2. The van der Waals surface area contributed by atoms with Gasteiger partial charge in [-0.05, 0) is 12.1 Å². The van der Waals surface area contributed by atoms with Crippen LogP contribution in [-0.2, 0) is 11.3 Å². The normalized spacial score (nSPS) is 10.7. The maximum atomic E-state index is 13.4. The van der Waals surface area contributed by atoms with E-state index in [0.717, 1.165) is 12.1 Å². The van der Waals surface area contributed by atoms with E-state index < -0.39 is 53.0 Å². The van der Waals surface area contributed by atoms with Crippen LogP contribution in [-0.4, -0.2) is 5.97 Å². The highest BCUT2D eigenvalue weighted by molar-refractivity contribution is 9.10. The molecule has 0 heterocycles. The van der Waals surface area contributed by atoms with Crippen LogP contribution in [0.1, 0.15) is 15.9 Å². The van der Waals surface area contributed by atoms with Crippen molar-refractivity contribution in [3.63, 3.8) is 0 Å². The molecule has 0 unspecified atom stereocenters. The first kappa shape index (κ1) is 17.3. The molecule has 0 fully saturated rings. The largest absolute Gasteiger partial charge is 0.457 e. The molecule has 2 aromatic rings. The highest BCUT2D eigenvalue weighted by atomic mass is 79.9. The first-order valence-electron chi connectivity index (χ1n) is 5.86. The van der Waals surface area contributed by atoms with E-state index in [1.54, 1.807) is 0 Å². The van der Waals surface area contributed by atoms with Crippen molar-refractivity contribution in [3.8, 4) is 0 Å². The van der Waals surface area contributed by atoms with Gasteiger partial charge in [0, 0.05) is 10.0 Å². The summed E-state index contributed by atoms with van der Waals surface area (Å²) in [5.41, 5.74) is -1.47. The van der Waals surface area contributed by atoms with Gasteiger partial charge in [-0.2, -0.15) is 0 Å². The molecule has 23 heavy (non-hydrogen) atoms. The van der Waals surface area contributed by atoms with Crippen LogP contribution in [0.2, 0.25) is 0 Å². The standard InChI is InChI=1S/C14H5BrF6O2/c15-7-3-6(16)2-1-5(7)4-23-14(22)8-9(17)11(19)13(21)12(20)10(8)18/h1-3H,4H2. The Kier molecular flexibility index (Phi) is 4.98. The fourth-order valence-corrected chi connectivity index (χ4v) is 2.10. The second-order valence-corrected chi connectivity index (χ2v) is 5.11. The second kappa shape index (κ2) is 6.61. The first-order valence-corrected chi connectivity index (χ1v) is 6.65. The molecule has 0 aliphatic rings. The van der Waals surface area contributed by atoms with E-state index in [-0.39, 0.29) is 10.0 Å². The molecule has 2 aromatic carbocycles. The lowest BCUT2D eigenvalue weighted by Crippen LogP contribution is -2.15. The molecular weight excluding hydrogens is 394 g/mol. The molecule has 0 N–H and O–H groups in total. The molecule has 0 amide bonds. The number of carbonyl (C=O) groups is 1. The van der Waals surface area contributed by atoms with E-state index in [1.807, 2.05) is 0 Å². The van der Waals surface area contributed by atoms with E-state index in [2.05, 4.69) is 20.7 Å². The highest BCUT2D eigenvalue weighted by Crippen LogP contribution is 2.25. The lowest BCUT2D eigenvalue weighted by Gasteiger charge is -2.09. The van der Waals surface area contributed by atoms with Gasteiger partial charge in [-0.15, -0.1) is 0 Å². The summed E-state index contributed by atoms with van der Waals surface area (Å²) in [6, 6.07) is 3.29. The molecule has 2 rings (SSSR count). The second-order valence-electron chi connectivity index (χ2n) is 4.26. The summed E-state index contributed by atoms with van der Waals surface area (Å²) >= 11 is 2.97. The predicted molar refractivity (Wildman–Crippen MR) is 69.5 cm³/mol. The van der Waals surface area contributed by atoms with Crippen molar-refractivity contribution in [2.45, 2.75) is 6.61 Å². The molecule has 0 saturated heterocycles. The number of hydrogen-bond acceptors (Lipinski definition) is 2. The van der Waals surface area contributed by atoms with Crippen LogP contribution < -0.4 is 0 Å². The SMILES string of the molecule is O=C(OCc1ccc(F)cc1Br)c1c(F)c(F)c(F)c(F)c1F. The summed E-state index contributed by atoms with van der Waals surface area (Å²) in [6.45, 7) is -0.570. The number of hydrogen-bond donors (Lipinski definition) is 0. The van der Waals surface area contributed by atoms with Crippen LogP contribution in [0.3, 0.4) is 0 Å².